The van der Waals surface area contributed by atoms with Gasteiger partial charge in [-0.15, -0.1) is 0 Å². The second-order valence-electron chi connectivity index (χ2n) is 3.57. The third-order valence-corrected chi connectivity index (χ3v) is 3.06. The molecule has 1 saturated carbocycles. The maximum absolute atomic E-state index is 9.19. The van der Waals surface area contributed by atoms with Crippen molar-refractivity contribution in [2.24, 2.45) is 5.92 Å². The van der Waals surface area contributed by atoms with Crippen molar-refractivity contribution in [2.75, 3.05) is 13.7 Å². The molecule has 0 bridgehead atoms. The van der Waals surface area contributed by atoms with Gasteiger partial charge in [0.2, 0.25) is 0 Å². The zero-order valence-corrected chi connectivity index (χ0v) is 7.47. The lowest BCUT2D eigenvalue weighted by Gasteiger charge is -2.39. The number of rotatable bonds is 2. The van der Waals surface area contributed by atoms with E-state index in [0.717, 1.165) is 6.42 Å². The van der Waals surface area contributed by atoms with E-state index in [1.54, 1.807) is 7.11 Å². The highest BCUT2D eigenvalue weighted by molar-refractivity contribution is 4.88. The van der Waals surface area contributed by atoms with Gasteiger partial charge in [0.05, 0.1) is 12.2 Å². The first-order valence-corrected chi connectivity index (χ1v) is 4.41. The van der Waals surface area contributed by atoms with Gasteiger partial charge in [0.25, 0.3) is 0 Å². The summed E-state index contributed by atoms with van der Waals surface area (Å²) in [6, 6.07) is 0. The van der Waals surface area contributed by atoms with Gasteiger partial charge >= 0.3 is 0 Å². The maximum atomic E-state index is 9.19. The molecule has 0 saturated heterocycles. The van der Waals surface area contributed by atoms with Gasteiger partial charge in [-0.1, -0.05) is 19.8 Å². The Morgan fingerprint density at radius 3 is 2.64 bits per heavy atom. The number of hydrogen-bond donors (Lipinski definition) is 1. The fourth-order valence-electron chi connectivity index (χ4n) is 1.99. The Morgan fingerprint density at radius 1 is 1.55 bits per heavy atom. The predicted octanol–water partition coefficient (Wildman–Crippen LogP) is 1.57. The van der Waals surface area contributed by atoms with Crippen LogP contribution in [0.25, 0.3) is 0 Å². The standard InChI is InChI=1S/C9H18O2/c1-8-5-3-4-6-9(8,7-10)11-2/h8,10H,3-7H2,1-2H3. The molecule has 0 spiro atoms. The minimum Gasteiger partial charge on any atom is -0.393 e. The summed E-state index contributed by atoms with van der Waals surface area (Å²) in [4.78, 5) is 0. The molecule has 0 aromatic heterocycles. The molecule has 2 unspecified atom stereocenters. The topological polar surface area (TPSA) is 29.5 Å². The molecular weight excluding hydrogens is 140 g/mol. The molecule has 2 atom stereocenters. The van der Waals surface area contributed by atoms with E-state index < -0.39 is 0 Å². The van der Waals surface area contributed by atoms with Crippen LogP contribution < -0.4 is 0 Å². The van der Waals surface area contributed by atoms with Gasteiger partial charge in [0, 0.05) is 7.11 Å². The third kappa shape index (κ3) is 1.57. The zero-order valence-electron chi connectivity index (χ0n) is 7.47. The molecule has 0 heterocycles. The quantitative estimate of drug-likeness (QED) is 0.661. The summed E-state index contributed by atoms with van der Waals surface area (Å²) in [7, 11) is 1.71. The molecule has 1 rings (SSSR count). The Bertz CT molecular complexity index is 119. The summed E-state index contributed by atoms with van der Waals surface area (Å²) in [5.41, 5.74) is -0.224. The van der Waals surface area contributed by atoms with Crippen LogP contribution in [0.5, 0.6) is 0 Å². The van der Waals surface area contributed by atoms with E-state index in [0.29, 0.717) is 5.92 Å². The first kappa shape index (κ1) is 9.01. The fourth-order valence-corrected chi connectivity index (χ4v) is 1.99. The van der Waals surface area contributed by atoms with Crippen LogP contribution in [0, 0.1) is 5.92 Å². The molecule has 0 amide bonds. The van der Waals surface area contributed by atoms with Crippen LogP contribution in [0.4, 0.5) is 0 Å². The van der Waals surface area contributed by atoms with E-state index >= 15 is 0 Å². The molecular formula is C9H18O2. The largest absolute Gasteiger partial charge is 0.393 e. The van der Waals surface area contributed by atoms with Gasteiger partial charge < -0.3 is 9.84 Å². The number of ether oxygens (including phenoxy) is 1. The molecule has 0 aliphatic heterocycles. The van der Waals surface area contributed by atoms with E-state index in [4.69, 9.17) is 4.74 Å². The average Bonchev–Trinajstić information content (AvgIpc) is 2.06. The van der Waals surface area contributed by atoms with E-state index in [2.05, 4.69) is 6.92 Å². The summed E-state index contributed by atoms with van der Waals surface area (Å²) in [6.45, 7) is 2.34. The SMILES string of the molecule is COC1(CO)CCCCC1C. The van der Waals surface area contributed by atoms with Crippen molar-refractivity contribution in [1.82, 2.24) is 0 Å². The minimum absolute atomic E-state index is 0.171. The van der Waals surface area contributed by atoms with Gasteiger partial charge in [0.15, 0.2) is 0 Å². The summed E-state index contributed by atoms with van der Waals surface area (Å²) in [6.07, 6.45) is 4.68. The van der Waals surface area contributed by atoms with Crippen molar-refractivity contribution in [3.63, 3.8) is 0 Å². The van der Waals surface area contributed by atoms with Crippen LogP contribution in [0.1, 0.15) is 32.6 Å². The van der Waals surface area contributed by atoms with Gasteiger partial charge in [-0.05, 0) is 18.8 Å². The molecule has 0 aromatic carbocycles. The van der Waals surface area contributed by atoms with Crippen molar-refractivity contribution >= 4 is 0 Å². The minimum atomic E-state index is -0.224. The number of hydrogen-bond acceptors (Lipinski definition) is 2. The smallest absolute Gasteiger partial charge is 0.0933 e. The summed E-state index contributed by atoms with van der Waals surface area (Å²) in [5, 5.41) is 9.19. The van der Waals surface area contributed by atoms with Crippen molar-refractivity contribution in [1.29, 1.82) is 0 Å². The van der Waals surface area contributed by atoms with Gasteiger partial charge in [-0.3, -0.25) is 0 Å². The summed E-state index contributed by atoms with van der Waals surface area (Å²) in [5.74, 6) is 0.506. The molecule has 1 N–H and O–H groups in total. The predicted molar refractivity (Wildman–Crippen MR) is 44.5 cm³/mol. The normalized spacial score (nSPS) is 39.0. The molecule has 66 valence electrons. The first-order valence-electron chi connectivity index (χ1n) is 4.41. The van der Waals surface area contributed by atoms with E-state index in [1.807, 2.05) is 0 Å². The van der Waals surface area contributed by atoms with Crippen molar-refractivity contribution in [3.8, 4) is 0 Å². The molecule has 1 aliphatic rings. The van der Waals surface area contributed by atoms with Crippen LogP contribution in [-0.2, 0) is 4.74 Å². The number of methoxy groups -OCH3 is 1. The van der Waals surface area contributed by atoms with Crippen molar-refractivity contribution in [2.45, 2.75) is 38.2 Å². The Balaban J connectivity index is 2.61. The Hall–Kier alpha value is -0.0800. The molecule has 11 heavy (non-hydrogen) atoms. The monoisotopic (exact) mass is 158 g/mol. The lowest BCUT2D eigenvalue weighted by atomic mass is 9.77. The van der Waals surface area contributed by atoms with Crippen LogP contribution in [0.2, 0.25) is 0 Å². The number of aliphatic hydroxyl groups excluding tert-OH is 1. The summed E-state index contributed by atoms with van der Waals surface area (Å²) < 4.78 is 5.39. The van der Waals surface area contributed by atoms with Crippen LogP contribution >= 0.6 is 0 Å². The van der Waals surface area contributed by atoms with Gasteiger partial charge in [0.1, 0.15) is 0 Å². The second kappa shape index (κ2) is 3.55. The lowest BCUT2D eigenvalue weighted by molar-refractivity contribution is -0.109. The molecule has 0 aromatic rings. The van der Waals surface area contributed by atoms with Crippen molar-refractivity contribution in [3.05, 3.63) is 0 Å². The Kier molecular flexibility index (Phi) is 2.90. The van der Waals surface area contributed by atoms with E-state index in [1.165, 1.54) is 19.3 Å². The molecule has 0 radical (unpaired) electrons. The lowest BCUT2D eigenvalue weighted by Crippen LogP contribution is -2.44. The van der Waals surface area contributed by atoms with Crippen LogP contribution in [0.15, 0.2) is 0 Å². The van der Waals surface area contributed by atoms with E-state index in [9.17, 15) is 5.11 Å². The highest BCUT2D eigenvalue weighted by Gasteiger charge is 2.37. The molecule has 1 aliphatic carbocycles. The van der Waals surface area contributed by atoms with Crippen LogP contribution in [-0.4, -0.2) is 24.4 Å². The Labute approximate surface area is 68.6 Å². The maximum Gasteiger partial charge on any atom is 0.0933 e. The summed E-state index contributed by atoms with van der Waals surface area (Å²) >= 11 is 0. The first-order chi connectivity index (χ1) is 5.25. The van der Waals surface area contributed by atoms with Gasteiger partial charge in [-0.2, -0.15) is 0 Å². The number of aliphatic hydroxyl groups is 1. The molecule has 1 fully saturated rings. The third-order valence-electron chi connectivity index (χ3n) is 3.06. The van der Waals surface area contributed by atoms with Crippen molar-refractivity contribution < 1.29 is 9.84 Å². The molecule has 2 heteroatoms. The molecule has 2 nitrogen and oxygen atoms in total. The van der Waals surface area contributed by atoms with E-state index in [-0.39, 0.29) is 12.2 Å². The Morgan fingerprint density at radius 2 is 2.27 bits per heavy atom. The average molecular weight is 158 g/mol. The second-order valence-corrected chi connectivity index (χ2v) is 3.57. The zero-order chi connectivity index (χ0) is 8.32. The van der Waals surface area contributed by atoms with Crippen LogP contribution in [0.3, 0.4) is 0 Å². The van der Waals surface area contributed by atoms with Gasteiger partial charge in [-0.25, -0.2) is 0 Å². The highest BCUT2D eigenvalue weighted by Crippen LogP contribution is 2.35. The highest BCUT2D eigenvalue weighted by atomic mass is 16.5. The fraction of sp³-hybridized carbons (Fsp3) is 1.00.